The zero-order valence-corrected chi connectivity index (χ0v) is 11.5. The maximum atomic E-state index is 5.63. The van der Waals surface area contributed by atoms with E-state index in [2.05, 4.69) is 32.2 Å². The van der Waals surface area contributed by atoms with Crippen LogP contribution in [0.4, 0.5) is 5.82 Å². The third kappa shape index (κ3) is 2.66. The van der Waals surface area contributed by atoms with Gasteiger partial charge in [0.05, 0.1) is 0 Å². The molecule has 0 aliphatic carbocycles. The number of rotatable bonds is 2. The largest absolute Gasteiger partial charge is 0.438 e. The molecule has 0 amide bonds. The Labute approximate surface area is 118 Å². The number of hydrogen-bond donors (Lipinski definition) is 1. The third-order valence-electron chi connectivity index (χ3n) is 2.66. The number of halogens is 1. The fourth-order valence-corrected chi connectivity index (χ4v) is 2.14. The molecule has 0 bridgehead atoms. The highest BCUT2D eigenvalue weighted by Crippen LogP contribution is 2.26. The molecule has 1 aromatic heterocycles. The van der Waals surface area contributed by atoms with E-state index in [1.165, 1.54) is 0 Å². The molecule has 19 heavy (non-hydrogen) atoms. The predicted octanol–water partition coefficient (Wildman–Crippen LogP) is 3.77. The lowest BCUT2D eigenvalue weighted by atomic mass is 10.1. The Morgan fingerprint density at radius 3 is 2.47 bits per heavy atom. The summed E-state index contributed by atoms with van der Waals surface area (Å²) in [6, 6.07) is 15.3. The Morgan fingerprint density at radius 2 is 1.68 bits per heavy atom. The quantitative estimate of drug-likeness (QED) is 0.782. The molecule has 3 aromatic rings. The van der Waals surface area contributed by atoms with Gasteiger partial charge in [-0.1, -0.05) is 28.1 Å². The van der Waals surface area contributed by atoms with Crippen LogP contribution in [0.5, 0.6) is 11.6 Å². The molecule has 0 unspecified atom stereocenters. The van der Waals surface area contributed by atoms with Gasteiger partial charge in [0, 0.05) is 10.5 Å². The zero-order valence-electron chi connectivity index (χ0n) is 9.88. The number of anilines is 1. The first-order chi connectivity index (χ1) is 9.20. The van der Waals surface area contributed by atoms with Crippen LogP contribution in [-0.2, 0) is 0 Å². The second-order valence-corrected chi connectivity index (χ2v) is 4.97. The fourth-order valence-electron chi connectivity index (χ4n) is 1.76. The van der Waals surface area contributed by atoms with Crippen LogP contribution in [0.15, 0.2) is 53.0 Å². The van der Waals surface area contributed by atoms with Crippen molar-refractivity contribution in [3.63, 3.8) is 0 Å². The normalized spacial score (nSPS) is 10.6. The van der Waals surface area contributed by atoms with Gasteiger partial charge in [-0.25, -0.2) is 0 Å². The van der Waals surface area contributed by atoms with Gasteiger partial charge in [0.25, 0.3) is 0 Å². The predicted molar refractivity (Wildman–Crippen MR) is 78.2 cm³/mol. The highest BCUT2D eigenvalue weighted by Gasteiger charge is 2.01. The Morgan fingerprint density at radius 1 is 0.895 bits per heavy atom. The Hall–Kier alpha value is -2.14. The lowest BCUT2D eigenvalue weighted by Gasteiger charge is -2.05. The lowest BCUT2D eigenvalue weighted by molar-refractivity contribution is 0.456. The van der Waals surface area contributed by atoms with Crippen molar-refractivity contribution >= 4 is 32.5 Å². The van der Waals surface area contributed by atoms with Crippen LogP contribution < -0.4 is 10.5 Å². The van der Waals surface area contributed by atoms with E-state index in [9.17, 15) is 0 Å². The standard InChI is InChI=1S/C14H10BrN3O/c15-11-3-1-10-8-12(4-2-9(10)7-11)19-14-6-5-13(16)17-18-14/h1-8H,(H2,16,17). The summed E-state index contributed by atoms with van der Waals surface area (Å²) in [5, 5.41) is 9.85. The molecule has 0 atom stereocenters. The Bertz CT molecular complexity index is 728. The number of fused-ring (bicyclic) bond motifs is 1. The van der Waals surface area contributed by atoms with Gasteiger partial charge in [-0.05, 0) is 41.1 Å². The van der Waals surface area contributed by atoms with Crippen LogP contribution in [-0.4, -0.2) is 10.2 Å². The van der Waals surface area contributed by atoms with Crippen molar-refractivity contribution in [2.75, 3.05) is 5.73 Å². The van der Waals surface area contributed by atoms with Gasteiger partial charge in [0.2, 0.25) is 5.88 Å². The van der Waals surface area contributed by atoms with Crippen molar-refractivity contribution in [1.82, 2.24) is 10.2 Å². The van der Waals surface area contributed by atoms with Crippen molar-refractivity contribution < 1.29 is 4.74 Å². The molecule has 0 saturated heterocycles. The molecule has 0 aliphatic rings. The number of benzene rings is 2. The van der Waals surface area contributed by atoms with Crippen LogP contribution in [0, 0.1) is 0 Å². The van der Waals surface area contributed by atoms with Crippen LogP contribution in [0.1, 0.15) is 0 Å². The summed E-state index contributed by atoms with van der Waals surface area (Å²) in [4.78, 5) is 0. The maximum Gasteiger partial charge on any atom is 0.238 e. The summed E-state index contributed by atoms with van der Waals surface area (Å²) in [7, 11) is 0. The zero-order chi connectivity index (χ0) is 13.2. The van der Waals surface area contributed by atoms with Gasteiger partial charge in [0.15, 0.2) is 0 Å². The third-order valence-corrected chi connectivity index (χ3v) is 3.15. The molecule has 0 saturated carbocycles. The number of nitrogen functional groups attached to an aromatic ring is 1. The minimum atomic E-state index is 0.371. The minimum absolute atomic E-state index is 0.371. The molecule has 0 spiro atoms. The number of hydrogen-bond acceptors (Lipinski definition) is 4. The molecule has 3 rings (SSSR count). The monoisotopic (exact) mass is 315 g/mol. The highest BCUT2D eigenvalue weighted by atomic mass is 79.9. The van der Waals surface area contributed by atoms with Gasteiger partial charge >= 0.3 is 0 Å². The van der Waals surface area contributed by atoms with Crippen LogP contribution in [0.2, 0.25) is 0 Å². The summed E-state index contributed by atoms with van der Waals surface area (Å²) >= 11 is 3.45. The molecule has 94 valence electrons. The van der Waals surface area contributed by atoms with Gasteiger partial charge in [0.1, 0.15) is 11.6 Å². The van der Waals surface area contributed by atoms with Gasteiger partial charge in [-0.15, -0.1) is 10.2 Å². The van der Waals surface area contributed by atoms with E-state index in [0.717, 1.165) is 15.2 Å². The fraction of sp³-hybridized carbons (Fsp3) is 0. The molecule has 0 radical (unpaired) electrons. The SMILES string of the molecule is Nc1ccc(Oc2ccc3cc(Br)ccc3c2)nn1. The van der Waals surface area contributed by atoms with Crippen molar-refractivity contribution in [1.29, 1.82) is 0 Å². The molecule has 4 nitrogen and oxygen atoms in total. The molecular formula is C14H10BrN3O. The maximum absolute atomic E-state index is 5.63. The van der Waals surface area contributed by atoms with Gasteiger partial charge < -0.3 is 10.5 Å². The second-order valence-electron chi connectivity index (χ2n) is 4.05. The molecule has 0 aliphatic heterocycles. The van der Waals surface area contributed by atoms with Crippen molar-refractivity contribution in [2.45, 2.75) is 0 Å². The van der Waals surface area contributed by atoms with E-state index in [1.54, 1.807) is 12.1 Å². The van der Waals surface area contributed by atoms with Crippen LogP contribution in [0.25, 0.3) is 10.8 Å². The number of nitrogens with zero attached hydrogens (tertiary/aromatic N) is 2. The van der Waals surface area contributed by atoms with Crippen LogP contribution in [0.3, 0.4) is 0 Å². The first-order valence-electron chi connectivity index (χ1n) is 5.67. The Balaban J connectivity index is 1.93. The first kappa shape index (κ1) is 11.9. The van der Waals surface area contributed by atoms with Gasteiger partial charge in [-0.3, -0.25) is 0 Å². The average Bonchev–Trinajstić information content (AvgIpc) is 2.42. The summed E-state index contributed by atoms with van der Waals surface area (Å²) in [6.45, 7) is 0. The summed E-state index contributed by atoms with van der Waals surface area (Å²) in [5.74, 6) is 1.51. The summed E-state index contributed by atoms with van der Waals surface area (Å²) in [5.41, 5.74) is 5.47. The molecule has 2 N–H and O–H groups in total. The number of ether oxygens (including phenoxy) is 1. The summed E-state index contributed by atoms with van der Waals surface area (Å²) < 4.78 is 6.68. The molecular weight excluding hydrogens is 306 g/mol. The van der Waals surface area contributed by atoms with Crippen molar-refractivity contribution in [3.05, 3.63) is 53.0 Å². The van der Waals surface area contributed by atoms with Crippen molar-refractivity contribution in [2.24, 2.45) is 0 Å². The number of nitrogens with two attached hydrogens (primary N) is 1. The molecule has 1 heterocycles. The topological polar surface area (TPSA) is 61.0 Å². The second kappa shape index (κ2) is 4.85. The smallest absolute Gasteiger partial charge is 0.238 e. The number of aromatic nitrogens is 2. The summed E-state index contributed by atoms with van der Waals surface area (Å²) in [6.07, 6.45) is 0. The van der Waals surface area contributed by atoms with E-state index in [0.29, 0.717) is 17.4 Å². The highest BCUT2D eigenvalue weighted by molar-refractivity contribution is 9.10. The first-order valence-corrected chi connectivity index (χ1v) is 6.46. The molecule has 0 fully saturated rings. The van der Waals surface area contributed by atoms with E-state index >= 15 is 0 Å². The molecule has 2 aromatic carbocycles. The van der Waals surface area contributed by atoms with Crippen LogP contribution >= 0.6 is 15.9 Å². The van der Waals surface area contributed by atoms with E-state index < -0.39 is 0 Å². The van der Waals surface area contributed by atoms with E-state index in [-0.39, 0.29) is 0 Å². The lowest BCUT2D eigenvalue weighted by Crippen LogP contribution is -1.94. The van der Waals surface area contributed by atoms with Crippen molar-refractivity contribution in [3.8, 4) is 11.6 Å². The van der Waals surface area contributed by atoms with E-state index in [4.69, 9.17) is 10.5 Å². The average molecular weight is 316 g/mol. The minimum Gasteiger partial charge on any atom is -0.438 e. The Kier molecular flexibility index (Phi) is 3.05. The van der Waals surface area contributed by atoms with Gasteiger partial charge in [-0.2, -0.15) is 0 Å². The molecule has 5 heteroatoms. The van der Waals surface area contributed by atoms with E-state index in [1.807, 2.05) is 30.3 Å².